The van der Waals surface area contributed by atoms with Gasteiger partial charge in [0.25, 0.3) is 0 Å². The molecule has 0 radical (unpaired) electrons. The Morgan fingerprint density at radius 3 is 2.72 bits per heavy atom. The van der Waals surface area contributed by atoms with Gasteiger partial charge < -0.3 is 14.9 Å². The third kappa shape index (κ3) is 3.47. The van der Waals surface area contributed by atoms with E-state index in [0.717, 1.165) is 5.56 Å². The smallest absolute Gasteiger partial charge is 0.310 e. The molecule has 2 aromatic heterocycles. The van der Waals surface area contributed by atoms with Crippen molar-refractivity contribution in [3.63, 3.8) is 0 Å². The number of ether oxygens (including phenoxy) is 1. The van der Waals surface area contributed by atoms with Crippen LogP contribution in [0.5, 0.6) is 5.75 Å². The SMILES string of the molecule is Cc1cnc(N)c2c(-c3ccc([N+](=O)[O-])c(OCc4ccc(F)cc4)c3)coc12. The molecule has 0 saturated heterocycles. The summed E-state index contributed by atoms with van der Waals surface area (Å²) in [7, 11) is 0. The second-order valence-electron chi connectivity index (χ2n) is 6.53. The lowest BCUT2D eigenvalue weighted by molar-refractivity contribution is -0.385. The third-order valence-electron chi connectivity index (χ3n) is 4.58. The lowest BCUT2D eigenvalue weighted by Gasteiger charge is -2.09. The Labute approximate surface area is 164 Å². The maximum atomic E-state index is 13.1. The fourth-order valence-corrected chi connectivity index (χ4v) is 3.09. The van der Waals surface area contributed by atoms with Gasteiger partial charge in [0.1, 0.15) is 23.8 Å². The molecular weight excluding hydrogens is 377 g/mol. The number of aryl methyl sites for hydroxylation is 1. The molecule has 7 nitrogen and oxygen atoms in total. The van der Waals surface area contributed by atoms with Gasteiger partial charge in [-0.15, -0.1) is 0 Å². The number of nitrogens with two attached hydrogens (primary N) is 1. The number of rotatable bonds is 5. The third-order valence-corrected chi connectivity index (χ3v) is 4.58. The molecule has 0 fully saturated rings. The number of nitrogen functional groups attached to an aromatic ring is 1. The van der Waals surface area contributed by atoms with E-state index in [1.54, 1.807) is 36.7 Å². The Morgan fingerprint density at radius 2 is 2.00 bits per heavy atom. The van der Waals surface area contributed by atoms with Crippen LogP contribution in [0.4, 0.5) is 15.9 Å². The summed E-state index contributed by atoms with van der Waals surface area (Å²) in [6, 6.07) is 10.3. The molecule has 0 amide bonds. The number of furan rings is 1. The van der Waals surface area contributed by atoms with Crippen LogP contribution in [0.15, 0.2) is 59.3 Å². The van der Waals surface area contributed by atoms with E-state index in [9.17, 15) is 14.5 Å². The Hall–Kier alpha value is -3.94. The second kappa shape index (κ2) is 7.23. The molecule has 2 heterocycles. The largest absolute Gasteiger partial charge is 0.482 e. The van der Waals surface area contributed by atoms with Crippen molar-refractivity contribution in [3.05, 3.63) is 82.0 Å². The zero-order valence-electron chi connectivity index (χ0n) is 15.4. The molecule has 8 heteroatoms. The molecule has 0 aliphatic heterocycles. The Morgan fingerprint density at radius 1 is 1.24 bits per heavy atom. The van der Waals surface area contributed by atoms with Crippen molar-refractivity contribution in [1.82, 2.24) is 4.98 Å². The molecule has 2 N–H and O–H groups in total. The van der Waals surface area contributed by atoms with Crippen LogP contribution in [0.2, 0.25) is 0 Å². The molecule has 0 atom stereocenters. The highest BCUT2D eigenvalue weighted by Crippen LogP contribution is 2.39. The highest BCUT2D eigenvalue weighted by atomic mass is 19.1. The average molecular weight is 393 g/mol. The number of hydrogen-bond acceptors (Lipinski definition) is 6. The number of anilines is 1. The Kier molecular flexibility index (Phi) is 4.59. The van der Waals surface area contributed by atoms with E-state index in [1.165, 1.54) is 18.2 Å². The van der Waals surface area contributed by atoms with Crippen molar-refractivity contribution in [2.24, 2.45) is 0 Å². The highest BCUT2D eigenvalue weighted by Gasteiger charge is 2.20. The number of pyridine rings is 1. The maximum Gasteiger partial charge on any atom is 0.310 e. The van der Waals surface area contributed by atoms with Gasteiger partial charge in [0.15, 0.2) is 5.75 Å². The lowest BCUT2D eigenvalue weighted by Crippen LogP contribution is -2.00. The van der Waals surface area contributed by atoms with Crippen molar-refractivity contribution in [2.75, 3.05) is 5.73 Å². The molecule has 0 saturated carbocycles. The predicted molar refractivity (Wildman–Crippen MR) is 106 cm³/mol. The van der Waals surface area contributed by atoms with Crippen molar-refractivity contribution >= 4 is 22.5 Å². The first-order valence-electron chi connectivity index (χ1n) is 8.72. The van der Waals surface area contributed by atoms with Gasteiger partial charge in [-0.2, -0.15) is 0 Å². The fourth-order valence-electron chi connectivity index (χ4n) is 3.09. The lowest BCUT2D eigenvalue weighted by atomic mass is 10.0. The van der Waals surface area contributed by atoms with E-state index in [-0.39, 0.29) is 23.9 Å². The zero-order chi connectivity index (χ0) is 20.5. The van der Waals surface area contributed by atoms with Crippen molar-refractivity contribution in [2.45, 2.75) is 13.5 Å². The molecule has 0 aliphatic rings. The molecule has 2 aromatic carbocycles. The first-order valence-corrected chi connectivity index (χ1v) is 8.72. The van der Waals surface area contributed by atoms with Gasteiger partial charge >= 0.3 is 5.69 Å². The quantitative estimate of drug-likeness (QED) is 0.377. The number of aromatic nitrogens is 1. The molecule has 0 aliphatic carbocycles. The summed E-state index contributed by atoms with van der Waals surface area (Å²) in [6.45, 7) is 1.91. The fraction of sp³-hybridized carbons (Fsp3) is 0.0952. The van der Waals surface area contributed by atoms with Crippen LogP contribution < -0.4 is 10.5 Å². The van der Waals surface area contributed by atoms with Crippen LogP contribution in [0.25, 0.3) is 22.1 Å². The van der Waals surface area contributed by atoms with Gasteiger partial charge in [0.05, 0.1) is 16.6 Å². The summed E-state index contributed by atoms with van der Waals surface area (Å²) in [4.78, 5) is 15.1. The van der Waals surface area contributed by atoms with Gasteiger partial charge in [-0.25, -0.2) is 9.37 Å². The minimum absolute atomic E-state index is 0.0551. The van der Waals surface area contributed by atoms with E-state index in [2.05, 4.69) is 4.98 Å². The topological polar surface area (TPSA) is 104 Å². The van der Waals surface area contributed by atoms with Gasteiger partial charge in [-0.05, 0) is 42.3 Å². The van der Waals surface area contributed by atoms with E-state index in [1.807, 2.05) is 6.92 Å². The monoisotopic (exact) mass is 393 g/mol. The summed E-state index contributed by atoms with van der Waals surface area (Å²) in [5, 5.41) is 12.1. The first kappa shape index (κ1) is 18.4. The molecule has 146 valence electrons. The maximum absolute atomic E-state index is 13.1. The molecule has 4 rings (SSSR count). The second-order valence-corrected chi connectivity index (χ2v) is 6.53. The van der Waals surface area contributed by atoms with Crippen LogP contribution in [-0.2, 0) is 6.61 Å². The minimum Gasteiger partial charge on any atom is -0.482 e. The molecule has 0 spiro atoms. The highest BCUT2D eigenvalue weighted by molar-refractivity contribution is 6.02. The number of hydrogen-bond donors (Lipinski definition) is 1. The van der Waals surface area contributed by atoms with Crippen LogP contribution in [0.3, 0.4) is 0 Å². The number of nitrogens with zero attached hydrogens (tertiary/aromatic N) is 2. The summed E-state index contributed by atoms with van der Waals surface area (Å²) < 4.78 is 24.4. The van der Waals surface area contributed by atoms with Gasteiger partial charge in [0, 0.05) is 23.4 Å². The van der Waals surface area contributed by atoms with Gasteiger partial charge in [0.2, 0.25) is 0 Å². The summed E-state index contributed by atoms with van der Waals surface area (Å²) in [5.41, 5.74) is 9.28. The number of benzene rings is 2. The van der Waals surface area contributed by atoms with E-state index < -0.39 is 4.92 Å². The van der Waals surface area contributed by atoms with Crippen molar-refractivity contribution in [3.8, 4) is 16.9 Å². The normalized spacial score (nSPS) is 11.0. The Balaban J connectivity index is 1.74. The molecule has 0 bridgehead atoms. The van der Waals surface area contributed by atoms with Crippen LogP contribution in [-0.4, -0.2) is 9.91 Å². The number of nitro benzene ring substituents is 1. The standard InChI is InChI=1S/C21H16FN3O4/c1-12-9-24-21(23)19-16(11-29-20(12)19)14-4-7-17(25(26)27)18(8-14)28-10-13-2-5-15(22)6-3-13/h2-9,11H,10H2,1H3,(H2,23,24). The summed E-state index contributed by atoms with van der Waals surface area (Å²) >= 11 is 0. The Bertz CT molecular complexity index is 1220. The molecule has 0 unspecified atom stereocenters. The van der Waals surface area contributed by atoms with Crippen molar-refractivity contribution < 1.29 is 18.5 Å². The van der Waals surface area contributed by atoms with E-state index >= 15 is 0 Å². The number of fused-ring (bicyclic) bond motifs is 1. The van der Waals surface area contributed by atoms with Crippen LogP contribution in [0, 0.1) is 22.9 Å². The number of nitro groups is 1. The zero-order valence-corrected chi connectivity index (χ0v) is 15.4. The van der Waals surface area contributed by atoms with Crippen LogP contribution >= 0.6 is 0 Å². The van der Waals surface area contributed by atoms with Gasteiger partial charge in [-0.3, -0.25) is 10.1 Å². The van der Waals surface area contributed by atoms with E-state index in [4.69, 9.17) is 14.9 Å². The van der Waals surface area contributed by atoms with E-state index in [0.29, 0.717) is 33.5 Å². The average Bonchev–Trinajstić information content (AvgIpc) is 3.16. The molecular formula is C21H16FN3O4. The summed E-state index contributed by atoms with van der Waals surface area (Å²) in [6.07, 6.45) is 3.17. The molecule has 4 aromatic rings. The molecule has 29 heavy (non-hydrogen) atoms. The minimum atomic E-state index is -0.517. The summed E-state index contributed by atoms with van der Waals surface area (Å²) in [5.74, 6) is 0.0295. The predicted octanol–water partition coefficient (Wildman–Crippen LogP) is 5.01. The first-order chi connectivity index (χ1) is 13.9. The number of halogens is 1. The van der Waals surface area contributed by atoms with Crippen molar-refractivity contribution in [1.29, 1.82) is 0 Å². The van der Waals surface area contributed by atoms with Gasteiger partial charge in [-0.1, -0.05) is 12.1 Å². The van der Waals surface area contributed by atoms with Crippen LogP contribution in [0.1, 0.15) is 11.1 Å².